The van der Waals surface area contributed by atoms with Gasteiger partial charge in [-0.15, -0.1) is 0 Å². The summed E-state index contributed by atoms with van der Waals surface area (Å²) in [6.45, 7) is -1.22. The largest absolute Gasteiger partial charge is 0.407 e. The Labute approximate surface area is 83.9 Å². The van der Waals surface area contributed by atoms with E-state index in [1.807, 2.05) is 0 Å². The van der Waals surface area contributed by atoms with Crippen molar-refractivity contribution in [3.8, 4) is 6.07 Å². The zero-order valence-electron chi connectivity index (χ0n) is 7.49. The third-order valence-electron chi connectivity index (χ3n) is 1.41. The molecule has 0 spiro atoms. The first-order valence-electron chi connectivity index (χ1n) is 3.94. The van der Waals surface area contributed by atoms with E-state index >= 15 is 0 Å². The van der Waals surface area contributed by atoms with Gasteiger partial charge in [-0.3, -0.25) is 4.99 Å². The number of alkyl halides is 3. The summed E-state index contributed by atoms with van der Waals surface area (Å²) in [4.78, 5) is 6.87. The fourth-order valence-corrected chi connectivity index (χ4v) is 0.802. The molecule has 0 bridgehead atoms. The highest BCUT2D eigenvalue weighted by Gasteiger charge is 2.25. The van der Waals surface area contributed by atoms with Crippen molar-refractivity contribution in [3.63, 3.8) is 0 Å². The molecule has 0 saturated carbocycles. The Morgan fingerprint density at radius 1 is 1.47 bits per heavy atom. The van der Waals surface area contributed by atoms with Crippen LogP contribution in [0.4, 0.5) is 13.2 Å². The van der Waals surface area contributed by atoms with Crippen LogP contribution in [0.15, 0.2) is 23.3 Å². The molecule has 0 fully saturated rings. The maximum Gasteiger partial charge on any atom is 0.407 e. The maximum absolute atomic E-state index is 11.7. The van der Waals surface area contributed by atoms with Gasteiger partial charge in [0.2, 0.25) is 0 Å². The number of nitriles is 1. The highest BCUT2D eigenvalue weighted by molar-refractivity contribution is 5.79. The standard InChI is InChI=1S/C9H6F3N3/c10-9(11,12)6-14-4-7-1-2-8(3-13)15-5-7/h1-2,4-5H,6H2/b14-4+. The number of aliphatic imine (C=N–C) groups is 1. The van der Waals surface area contributed by atoms with Gasteiger partial charge in [-0.2, -0.15) is 18.4 Å². The summed E-state index contributed by atoms with van der Waals surface area (Å²) in [7, 11) is 0. The molecule has 1 rings (SSSR count). The normalized spacial score (nSPS) is 11.6. The fraction of sp³-hybridized carbons (Fsp3) is 0.222. The SMILES string of the molecule is N#Cc1ccc(/C=N/CC(F)(F)F)cn1. The van der Waals surface area contributed by atoms with Gasteiger partial charge in [0.1, 0.15) is 18.3 Å². The molecule has 6 heteroatoms. The maximum atomic E-state index is 11.7. The zero-order chi connectivity index (χ0) is 11.3. The monoisotopic (exact) mass is 213 g/mol. The molecule has 0 aromatic carbocycles. The predicted molar refractivity (Wildman–Crippen MR) is 47.5 cm³/mol. The second kappa shape index (κ2) is 4.55. The second-order valence-electron chi connectivity index (χ2n) is 2.67. The zero-order valence-corrected chi connectivity index (χ0v) is 7.49. The number of aromatic nitrogens is 1. The number of hydrogen-bond donors (Lipinski definition) is 0. The highest BCUT2D eigenvalue weighted by atomic mass is 19.4. The van der Waals surface area contributed by atoms with Crippen molar-refractivity contribution in [1.29, 1.82) is 5.26 Å². The van der Waals surface area contributed by atoms with Crippen LogP contribution < -0.4 is 0 Å². The Hall–Kier alpha value is -1.90. The first-order valence-corrected chi connectivity index (χ1v) is 3.94. The predicted octanol–water partition coefficient (Wildman–Crippen LogP) is 1.93. The van der Waals surface area contributed by atoms with Gasteiger partial charge in [-0.25, -0.2) is 4.98 Å². The second-order valence-corrected chi connectivity index (χ2v) is 2.67. The first kappa shape index (κ1) is 11.2. The Morgan fingerprint density at radius 3 is 2.67 bits per heavy atom. The lowest BCUT2D eigenvalue weighted by atomic mass is 10.3. The van der Waals surface area contributed by atoms with Gasteiger partial charge in [0.25, 0.3) is 0 Å². The topological polar surface area (TPSA) is 49.0 Å². The average molecular weight is 213 g/mol. The molecule has 1 heterocycles. The molecule has 0 amide bonds. The van der Waals surface area contributed by atoms with Crippen molar-refractivity contribution in [2.24, 2.45) is 4.99 Å². The van der Waals surface area contributed by atoms with E-state index < -0.39 is 12.7 Å². The van der Waals surface area contributed by atoms with Crippen LogP contribution in [0.3, 0.4) is 0 Å². The number of pyridine rings is 1. The third kappa shape index (κ3) is 4.22. The van der Waals surface area contributed by atoms with E-state index in [0.29, 0.717) is 5.56 Å². The summed E-state index contributed by atoms with van der Waals surface area (Å²) in [6, 6.07) is 4.69. The van der Waals surface area contributed by atoms with Gasteiger partial charge in [-0.05, 0) is 12.1 Å². The molecular formula is C9H6F3N3. The van der Waals surface area contributed by atoms with E-state index in [0.717, 1.165) is 6.21 Å². The molecule has 0 N–H and O–H groups in total. The van der Waals surface area contributed by atoms with Gasteiger partial charge in [-0.1, -0.05) is 0 Å². The number of hydrogen-bond acceptors (Lipinski definition) is 3. The van der Waals surface area contributed by atoms with Gasteiger partial charge in [0, 0.05) is 18.0 Å². The van der Waals surface area contributed by atoms with Crippen LogP contribution in [0.5, 0.6) is 0 Å². The van der Waals surface area contributed by atoms with Crippen molar-refractivity contribution < 1.29 is 13.2 Å². The van der Waals surface area contributed by atoms with E-state index in [1.54, 1.807) is 6.07 Å². The lowest BCUT2D eigenvalue weighted by molar-refractivity contribution is -0.118. The first-order chi connectivity index (χ1) is 7.01. The van der Waals surface area contributed by atoms with Crippen molar-refractivity contribution in [1.82, 2.24) is 4.98 Å². The molecule has 1 aromatic rings. The molecule has 3 nitrogen and oxygen atoms in total. The van der Waals surface area contributed by atoms with E-state index in [4.69, 9.17) is 5.26 Å². The van der Waals surface area contributed by atoms with Crippen molar-refractivity contribution in [2.75, 3.05) is 6.54 Å². The molecule has 78 valence electrons. The van der Waals surface area contributed by atoms with E-state index in [-0.39, 0.29) is 5.69 Å². The molecule has 0 aliphatic heterocycles. The van der Waals surface area contributed by atoms with Crippen LogP contribution in [0, 0.1) is 11.3 Å². The summed E-state index contributed by atoms with van der Waals surface area (Å²) in [5, 5.41) is 8.42. The number of rotatable bonds is 2. The van der Waals surface area contributed by atoms with Crippen LogP contribution in [-0.4, -0.2) is 23.9 Å². The average Bonchev–Trinajstić information content (AvgIpc) is 2.17. The summed E-state index contributed by atoms with van der Waals surface area (Å²) in [5.41, 5.74) is 0.640. The minimum Gasteiger partial charge on any atom is -0.283 e. The summed E-state index contributed by atoms with van der Waals surface area (Å²) in [6.07, 6.45) is -1.93. The lowest BCUT2D eigenvalue weighted by Crippen LogP contribution is -2.11. The smallest absolute Gasteiger partial charge is 0.283 e. The van der Waals surface area contributed by atoms with Crippen molar-refractivity contribution >= 4 is 6.21 Å². The fourth-order valence-electron chi connectivity index (χ4n) is 0.802. The van der Waals surface area contributed by atoms with Crippen LogP contribution in [0.2, 0.25) is 0 Å². The Balaban J connectivity index is 2.62. The molecule has 15 heavy (non-hydrogen) atoms. The van der Waals surface area contributed by atoms with Crippen LogP contribution in [0.1, 0.15) is 11.3 Å². The van der Waals surface area contributed by atoms with E-state index in [2.05, 4.69) is 9.98 Å². The van der Waals surface area contributed by atoms with Crippen molar-refractivity contribution in [3.05, 3.63) is 29.6 Å². The van der Waals surface area contributed by atoms with Crippen LogP contribution in [0.25, 0.3) is 0 Å². The Morgan fingerprint density at radius 2 is 2.20 bits per heavy atom. The molecule has 1 aromatic heterocycles. The highest BCUT2D eigenvalue weighted by Crippen LogP contribution is 2.14. The Kier molecular flexibility index (Phi) is 3.39. The summed E-state index contributed by atoms with van der Waals surface area (Å²) in [5.74, 6) is 0. The third-order valence-corrected chi connectivity index (χ3v) is 1.41. The van der Waals surface area contributed by atoms with Gasteiger partial charge >= 0.3 is 6.18 Å². The molecule has 0 saturated heterocycles. The minimum absolute atomic E-state index is 0.211. The van der Waals surface area contributed by atoms with Crippen LogP contribution >= 0.6 is 0 Å². The molecule has 0 radical (unpaired) electrons. The van der Waals surface area contributed by atoms with Gasteiger partial charge in [0.15, 0.2) is 0 Å². The van der Waals surface area contributed by atoms with Crippen LogP contribution in [-0.2, 0) is 0 Å². The minimum atomic E-state index is -4.30. The Bertz CT molecular complexity index is 387. The molecule has 0 atom stereocenters. The van der Waals surface area contributed by atoms with Crippen molar-refractivity contribution in [2.45, 2.75) is 6.18 Å². The molecule has 0 aliphatic rings. The molecular weight excluding hydrogens is 207 g/mol. The summed E-state index contributed by atoms with van der Waals surface area (Å²) >= 11 is 0. The van der Waals surface area contributed by atoms with E-state index in [9.17, 15) is 13.2 Å². The summed E-state index contributed by atoms with van der Waals surface area (Å²) < 4.78 is 35.1. The molecule has 0 unspecified atom stereocenters. The quantitative estimate of drug-likeness (QED) is 0.705. The number of halogens is 3. The van der Waals surface area contributed by atoms with Gasteiger partial charge in [0.05, 0.1) is 0 Å². The molecule has 0 aliphatic carbocycles. The number of nitrogens with zero attached hydrogens (tertiary/aromatic N) is 3. The van der Waals surface area contributed by atoms with E-state index in [1.165, 1.54) is 18.3 Å². The lowest BCUT2D eigenvalue weighted by Gasteiger charge is -1.99. The van der Waals surface area contributed by atoms with Gasteiger partial charge < -0.3 is 0 Å².